The number of hydrogen-bond donors (Lipinski definition) is 0. The van der Waals surface area contributed by atoms with Gasteiger partial charge in [-0.3, -0.25) is 4.74 Å². The molecule has 38 heavy (non-hydrogen) atoms. The minimum absolute atomic E-state index is 1.57. The summed E-state index contributed by atoms with van der Waals surface area (Å²) in [5.41, 5.74) is 0. The summed E-state index contributed by atoms with van der Waals surface area (Å²) < 4.78 is 267. The normalized spacial score (nSPS) is 16.1. The predicted octanol–water partition coefficient (Wildman–Crippen LogP) is 5.69. The summed E-state index contributed by atoms with van der Waals surface area (Å²) in [6, 6.07) is -5.28. The monoisotopic (exact) mass is 654 g/mol. The van der Waals surface area contributed by atoms with Gasteiger partial charge in [-0.2, -0.15) is 87.1 Å². The van der Waals surface area contributed by atoms with Crippen LogP contribution < -0.4 is 0 Å². The van der Waals surface area contributed by atoms with E-state index < -0.39 is 73.3 Å². The molecule has 0 saturated carbocycles. The first-order valence-corrected chi connectivity index (χ1v) is 10.1. The van der Waals surface area contributed by atoms with Gasteiger partial charge in [0.2, 0.25) is 0 Å². The molecule has 0 N–H and O–H groups in total. The molecule has 0 bridgehead atoms. The second-order valence-corrected chi connectivity index (χ2v) is 8.35. The Morgan fingerprint density at radius 2 is 0.789 bits per heavy atom. The molecule has 0 rings (SSSR count). The second kappa shape index (κ2) is 10.7. The van der Waals surface area contributed by atoms with Crippen LogP contribution in [0.25, 0.3) is 0 Å². The van der Waals surface area contributed by atoms with Gasteiger partial charge in [0.25, 0.3) is 12.0 Å². The van der Waals surface area contributed by atoms with Crippen molar-refractivity contribution in [2.24, 2.45) is 0 Å². The Kier molecular flexibility index (Phi) is 10.6. The van der Waals surface area contributed by atoms with Crippen molar-refractivity contribution < 1.29 is 109 Å². The fraction of sp³-hybridized carbons (Fsp3) is 0.636. The molecule has 0 fully saturated rings. The summed E-state index contributed by atoms with van der Waals surface area (Å²) in [6.07, 6.45) is -27.3. The van der Waals surface area contributed by atoms with Gasteiger partial charge in [-0.25, -0.2) is 0 Å². The van der Waals surface area contributed by atoms with Gasteiger partial charge in [0.15, 0.2) is 0 Å². The molecule has 0 aliphatic carbocycles. The maximum atomic E-state index is 13.3. The predicted molar refractivity (Wildman–Crippen MR) is 78.4 cm³/mol. The van der Waals surface area contributed by atoms with Crippen molar-refractivity contribution >= 4 is 20.4 Å². The second-order valence-electron chi connectivity index (χ2n) is 5.57. The van der Waals surface area contributed by atoms with E-state index in [1.54, 1.807) is 11.3 Å². The number of ether oxygens (including phenoxy) is 3. The molecule has 0 saturated heterocycles. The molecule has 1 atom stereocenters. The molecular weight excluding hydrogens is 650 g/mol. The third-order valence-electron chi connectivity index (χ3n) is 2.78. The lowest BCUT2D eigenvalue weighted by atomic mass is 10.2. The molecule has 0 aromatic rings. The van der Waals surface area contributed by atoms with E-state index in [0.717, 1.165) is 0 Å². The topological polar surface area (TPSA) is 96.0 Å². The standard InChI is InChI=1S/C7H2F12O4S.C4H2F6O3S/c1-2(8)22-5(13,14)3(9,4(10,11)12)23-6(15,16)7(17,18)24(19,20)21;1-2(5)13-3(6,7)4(8,9)14(10,11)12/h1H2;1H2. The fourth-order valence-corrected chi connectivity index (χ4v) is 1.86. The molecule has 0 aliphatic heterocycles. The minimum atomic E-state index is -7.77. The first-order chi connectivity index (χ1) is 16.0. The first kappa shape index (κ1) is 37.8. The van der Waals surface area contributed by atoms with E-state index in [4.69, 9.17) is 0 Å². The lowest BCUT2D eigenvalue weighted by Gasteiger charge is -2.36. The van der Waals surface area contributed by atoms with Crippen LogP contribution in [0, 0.1) is 0 Å². The first-order valence-electron chi connectivity index (χ1n) is 7.34. The maximum Gasteiger partial charge on any atom is 0.485 e. The minimum Gasteiger partial charge on any atom is -0.402 e. The van der Waals surface area contributed by atoms with Gasteiger partial charge >= 0.3 is 61.3 Å². The van der Waals surface area contributed by atoms with E-state index in [1.165, 1.54) is 0 Å². The van der Waals surface area contributed by atoms with Crippen molar-refractivity contribution in [3.63, 3.8) is 0 Å². The average molecular weight is 654 g/mol. The van der Waals surface area contributed by atoms with Crippen LogP contribution in [0.2, 0.25) is 0 Å². The van der Waals surface area contributed by atoms with Gasteiger partial charge in [0, 0.05) is 0 Å². The molecule has 228 valence electrons. The van der Waals surface area contributed by atoms with Crippen molar-refractivity contribution in [2.75, 3.05) is 0 Å². The van der Waals surface area contributed by atoms with E-state index >= 15 is 0 Å². The van der Waals surface area contributed by atoms with E-state index in [2.05, 4.69) is 9.47 Å². The number of alkyl halides is 14. The Bertz CT molecular complexity index is 1100. The van der Waals surface area contributed by atoms with Gasteiger partial charge in [-0.1, -0.05) is 7.77 Å². The lowest BCUT2D eigenvalue weighted by Crippen LogP contribution is -2.63. The number of rotatable bonds is 11. The van der Waals surface area contributed by atoms with Gasteiger partial charge in [-0.05, 0) is 13.2 Å². The van der Waals surface area contributed by atoms with Crippen LogP contribution in [0.4, 0.5) is 78.0 Å². The molecule has 1 unspecified atom stereocenters. The third-order valence-corrected chi connectivity index (χ3v) is 4.48. The zero-order valence-corrected chi connectivity index (χ0v) is 18.0. The van der Waals surface area contributed by atoms with Crippen LogP contribution in [-0.2, 0) is 34.7 Å². The van der Waals surface area contributed by atoms with E-state index in [9.17, 15) is 94.9 Å². The Morgan fingerprint density at radius 1 is 0.526 bits per heavy atom. The summed E-state index contributed by atoms with van der Waals surface area (Å²) in [5, 5.41) is -13.4. The van der Waals surface area contributed by atoms with Gasteiger partial charge in [0.05, 0.1) is 0 Å². The summed E-state index contributed by atoms with van der Waals surface area (Å²) in [5.74, 6) is -7.24. The highest BCUT2D eigenvalue weighted by Gasteiger charge is 2.82. The molecule has 27 heteroatoms. The maximum absolute atomic E-state index is 13.3. The summed E-state index contributed by atoms with van der Waals surface area (Å²) in [6.45, 7) is 3.79. The third kappa shape index (κ3) is 7.85. The highest BCUT2D eigenvalue weighted by molar-refractivity contribution is 7.87. The van der Waals surface area contributed by atoms with E-state index in [1.807, 2.05) is 6.58 Å². The molecule has 0 aromatic heterocycles. The largest absolute Gasteiger partial charge is 0.485 e. The molecule has 0 radical (unpaired) electrons. The van der Waals surface area contributed by atoms with Crippen LogP contribution in [-0.4, -0.2) is 57.7 Å². The summed E-state index contributed by atoms with van der Waals surface area (Å²) in [4.78, 5) is 0. The highest BCUT2D eigenvalue weighted by atomic mass is 32.3. The van der Waals surface area contributed by atoms with Crippen molar-refractivity contribution in [1.82, 2.24) is 0 Å². The van der Waals surface area contributed by atoms with Crippen LogP contribution in [0.1, 0.15) is 0 Å². The Labute approximate surface area is 196 Å². The molecule has 0 aromatic carbocycles. The zero-order valence-electron chi connectivity index (χ0n) is 16.4. The molecule has 0 amide bonds. The molecule has 0 spiro atoms. The Hall–Kier alpha value is -2.32. The summed E-state index contributed by atoms with van der Waals surface area (Å²) in [7, 11) is -14.7. The van der Waals surface area contributed by atoms with Crippen LogP contribution in [0.3, 0.4) is 0 Å². The fourth-order valence-electron chi connectivity index (χ4n) is 1.21. The molecule has 0 heterocycles. The van der Waals surface area contributed by atoms with Crippen molar-refractivity contribution in [3.8, 4) is 0 Å². The molecular formula is C11H4F18O7S2. The van der Waals surface area contributed by atoms with Crippen molar-refractivity contribution in [3.05, 3.63) is 25.2 Å². The molecule has 0 aliphatic rings. The number of halogens is 18. The molecule has 7 nitrogen and oxygen atoms in total. The zero-order chi connectivity index (χ0) is 31.8. The average Bonchev–Trinajstić information content (AvgIpc) is 2.56. The quantitative estimate of drug-likeness (QED) is 0.161. The Balaban J connectivity index is 0. The van der Waals surface area contributed by atoms with Crippen LogP contribution in [0.5, 0.6) is 0 Å². The Morgan fingerprint density at radius 3 is 1.03 bits per heavy atom. The lowest BCUT2D eigenvalue weighted by molar-refractivity contribution is -0.510. The van der Waals surface area contributed by atoms with Gasteiger partial charge < -0.3 is 9.47 Å². The summed E-state index contributed by atoms with van der Waals surface area (Å²) >= 11 is 0. The van der Waals surface area contributed by atoms with Crippen LogP contribution >= 0.6 is 0 Å². The van der Waals surface area contributed by atoms with Crippen LogP contribution in [0.15, 0.2) is 25.2 Å². The smallest absolute Gasteiger partial charge is 0.402 e. The number of hydrogen-bond acceptors (Lipinski definition) is 7. The van der Waals surface area contributed by atoms with Gasteiger partial charge in [-0.15, -0.1) is 0 Å². The van der Waals surface area contributed by atoms with E-state index in [0.29, 0.717) is 0 Å². The van der Waals surface area contributed by atoms with Gasteiger partial charge in [0.1, 0.15) is 0 Å². The SMILES string of the molecule is C=C(F)OC(F)(F)C(F)(F)S(=O)(=O)F.C=C(F)OC(F)(F)C(F)(OC(F)(F)C(F)(F)S(=O)(=O)F)C(F)(F)F. The van der Waals surface area contributed by atoms with Crippen molar-refractivity contribution in [1.29, 1.82) is 0 Å². The van der Waals surface area contributed by atoms with Crippen molar-refractivity contribution in [2.45, 2.75) is 40.9 Å². The highest BCUT2D eigenvalue weighted by Crippen LogP contribution is 2.53. The van der Waals surface area contributed by atoms with E-state index in [-0.39, 0.29) is 0 Å².